The van der Waals surface area contributed by atoms with Gasteiger partial charge in [0.05, 0.1) is 5.92 Å². The molecule has 0 aromatic rings. The largest absolute Gasteiger partial charge is 0.481 e. The monoisotopic (exact) mass is 540 g/mol. The van der Waals surface area contributed by atoms with Crippen molar-refractivity contribution in [2.75, 3.05) is 0 Å². The van der Waals surface area contributed by atoms with Gasteiger partial charge in [-0.1, -0.05) is 38.0 Å². The van der Waals surface area contributed by atoms with Crippen LogP contribution in [0.15, 0.2) is 23.3 Å². The van der Waals surface area contributed by atoms with Crippen molar-refractivity contribution >= 4 is 23.7 Å². The number of hydrogen-bond acceptors (Lipinski definition) is 6. The number of ether oxygens (including phenoxy) is 2. The highest BCUT2D eigenvalue weighted by atomic mass is 16.6. The summed E-state index contributed by atoms with van der Waals surface area (Å²) in [6.45, 7) is 13.8. The SMILES string of the molecule is CC(=O)O[C@@H]1CC[C@@]2(C)[C@@H](CC=C3[C@@H]2CC[C@@]2(C)[C@@H]4C(CC(=O)C=C(C)C)C(=O)O[C@H]4C[C@]32C)[C@]1(C)C(=O)O. The Labute approximate surface area is 231 Å². The van der Waals surface area contributed by atoms with Crippen molar-refractivity contribution in [3.8, 4) is 0 Å². The summed E-state index contributed by atoms with van der Waals surface area (Å²) in [5.41, 5.74) is 0.498. The summed E-state index contributed by atoms with van der Waals surface area (Å²) in [7, 11) is 0. The van der Waals surface area contributed by atoms with Crippen LogP contribution in [0.3, 0.4) is 0 Å². The van der Waals surface area contributed by atoms with Gasteiger partial charge in [-0.25, -0.2) is 0 Å². The Hall–Kier alpha value is -2.44. The third-order valence-corrected chi connectivity index (χ3v) is 12.1. The summed E-state index contributed by atoms with van der Waals surface area (Å²) in [5, 5.41) is 10.5. The van der Waals surface area contributed by atoms with Gasteiger partial charge in [0.15, 0.2) is 5.78 Å². The first kappa shape index (κ1) is 28.1. The Balaban J connectivity index is 1.51. The molecule has 1 aliphatic heterocycles. The normalized spacial score (nSPS) is 46.0. The number of rotatable bonds is 5. The molecule has 7 heteroatoms. The minimum Gasteiger partial charge on any atom is -0.481 e. The maximum atomic E-state index is 13.0. The van der Waals surface area contributed by atoms with E-state index >= 15 is 0 Å². The highest BCUT2D eigenvalue weighted by Crippen LogP contribution is 2.74. The lowest BCUT2D eigenvalue weighted by molar-refractivity contribution is -0.194. The van der Waals surface area contributed by atoms with Crippen LogP contribution >= 0.6 is 0 Å². The first-order valence-corrected chi connectivity index (χ1v) is 14.6. The number of allylic oxidation sites excluding steroid dienone is 4. The molecule has 1 N–H and O–H groups in total. The minimum atomic E-state index is -1.17. The standard InChI is InChI=1S/C32H44O7/c1-17(2)14-19(34)15-20-26-23(39-27(20)35)16-31(6)22-8-9-24-29(4,21(22)10-13-30(26,31)5)12-11-25(38-18(3)33)32(24,7)28(36)37/h8,14,20-21,23-26H,9-13,15-16H2,1-7H3,(H,36,37)/t20?,21-,23-,24+,25+,26+,29+,30-,31+,32-/m0/s1. The molecule has 39 heavy (non-hydrogen) atoms. The van der Waals surface area contributed by atoms with Crippen LogP contribution in [0.2, 0.25) is 0 Å². The number of ketones is 1. The summed E-state index contributed by atoms with van der Waals surface area (Å²) < 4.78 is 11.6. The summed E-state index contributed by atoms with van der Waals surface area (Å²) in [4.78, 5) is 50.4. The second-order valence-corrected chi connectivity index (χ2v) is 14.2. The topological polar surface area (TPSA) is 107 Å². The number of carbonyl (C=O) groups excluding carboxylic acids is 3. The summed E-state index contributed by atoms with van der Waals surface area (Å²) in [6.07, 6.45) is 7.76. The third-order valence-electron chi connectivity index (χ3n) is 12.1. The molecular formula is C32H44O7. The van der Waals surface area contributed by atoms with E-state index in [0.717, 1.165) is 31.3 Å². The van der Waals surface area contributed by atoms with Gasteiger partial charge in [-0.05, 0) is 93.5 Å². The molecule has 0 spiro atoms. The maximum Gasteiger partial charge on any atom is 0.313 e. The lowest BCUT2D eigenvalue weighted by Crippen LogP contribution is -2.61. The maximum absolute atomic E-state index is 13.0. The number of fused-ring (bicyclic) bond motifs is 7. The molecule has 1 heterocycles. The number of esters is 2. The van der Waals surface area contributed by atoms with Crippen LogP contribution in [0.1, 0.15) is 93.4 Å². The number of hydrogen-bond donors (Lipinski definition) is 1. The Kier molecular flexibility index (Phi) is 6.51. The lowest BCUT2D eigenvalue weighted by atomic mass is 9.40. The smallest absolute Gasteiger partial charge is 0.313 e. The lowest BCUT2D eigenvalue weighted by Gasteiger charge is -2.63. The number of carboxylic acid groups (broad SMARTS) is 1. The summed E-state index contributed by atoms with van der Waals surface area (Å²) in [6, 6.07) is 0. The van der Waals surface area contributed by atoms with Gasteiger partial charge in [0.2, 0.25) is 0 Å². The zero-order valence-corrected chi connectivity index (χ0v) is 24.5. The second-order valence-electron chi connectivity index (χ2n) is 14.2. The number of aliphatic carboxylic acids is 1. The van der Waals surface area contributed by atoms with Crippen molar-refractivity contribution < 1.29 is 33.8 Å². The molecule has 5 rings (SSSR count). The molecule has 1 unspecified atom stereocenters. The van der Waals surface area contributed by atoms with E-state index < -0.39 is 29.4 Å². The van der Waals surface area contributed by atoms with Gasteiger partial charge in [-0.15, -0.1) is 0 Å². The number of carboxylic acids is 1. The molecular weight excluding hydrogens is 496 g/mol. The molecule has 4 aliphatic carbocycles. The summed E-state index contributed by atoms with van der Waals surface area (Å²) >= 11 is 0. The van der Waals surface area contributed by atoms with Crippen LogP contribution in [0.25, 0.3) is 0 Å². The fourth-order valence-corrected chi connectivity index (χ4v) is 10.1. The molecule has 3 saturated carbocycles. The van der Waals surface area contributed by atoms with Crippen LogP contribution in [0, 0.1) is 45.3 Å². The Morgan fingerprint density at radius 3 is 2.41 bits per heavy atom. The van der Waals surface area contributed by atoms with Gasteiger partial charge in [0, 0.05) is 19.3 Å². The predicted octanol–water partition coefficient (Wildman–Crippen LogP) is 5.66. The second kappa shape index (κ2) is 9.04. The van der Waals surface area contributed by atoms with Crippen LogP contribution in [0.5, 0.6) is 0 Å². The first-order chi connectivity index (χ1) is 18.1. The fraction of sp³-hybridized carbons (Fsp3) is 0.750. The predicted molar refractivity (Wildman–Crippen MR) is 144 cm³/mol. The first-order valence-electron chi connectivity index (χ1n) is 14.6. The van der Waals surface area contributed by atoms with E-state index in [-0.39, 0.29) is 58.3 Å². The molecule has 4 fully saturated rings. The average Bonchev–Trinajstić information content (AvgIpc) is 3.24. The van der Waals surface area contributed by atoms with Crippen LogP contribution in [-0.4, -0.2) is 41.0 Å². The Morgan fingerprint density at radius 2 is 1.79 bits per heavy atom. The Bertz CT molecular complexity index is 1180. The van der Waals surface area contributed by atoms with E-state index in [4.69, 9.17) is 9.47 Å². The number of carbonyl (C=O) groups is 4. The van der Waals surface area contributed by atoms with Crippen molar-refractivity contribution in [2.24, 2.45) is 45.3 Å². The fourth-order valence-electron chi connectivity index (χ4n) is 10.1. The van der Waals surface area contributed by atoms with Crippen molar-refractivity contribution in [3.63, 3.8) is 0 Å². The molecule has 1 saturated heterocycles. The van der Waals surface area contributed by atoms with Crippen LogP contribution in [-0.2, 0) is 28.7 Å². The molecule has 10 atom stereocenters. The highest BCUT2D eigenvalue weighted by molar-refractivity contribution is 5.93. The van der Waals surface area contributed by atoms with Gasteiger partial charge in [-0.3, -0.25) is 19.2 Å². The van der Waals surface area contributed by atoms with Gasteiger partial charge in [0.25, 0.3) is 0 Å². The summed E-state index contributed by atoms with van der Waals surface area (Å²) in [5.74, 6) is -1.98. The van der Waals surface area contributed by atoms with E-state index in [1.807, 2.05) is 13.8 Å². The molecule has 0 radical (unpaired) electrons. The van der Waals surface area contributed by atoms with E-state index in [2.05, 4.69) is 26.8 Å². The molecule has 0 amide bonds. The zero-order valence-electron chi connectivity index (χ0n) is 24.5. The minimum absolute atomic E-state index is 0.0131. The van der Waals surface area contributed by atoms with Crippen molar-refractivity contribution in [1.82, 2.24) is 0 Å². The van der Waals surface area contributed by atoms with Crippen LogP contribution in [0.4, 0.5) is 0 Å². The molecule has 0 aromatic carbocycles. The average molecular weight is 541 g/mol. The van der Waals surface area contributed by atoms with E-state index in [0.29, 0.717) is 12.8 Å². The van der Waals surface area contributed by atoms with Crippen molar-refractivity contribution in [2.45, 2.75) is 106 Å². The quantitative estimate of drug-likeness (QED) is 0.272. The van der Waals surface area contributed by atoms with Crippen molar-refractivity contribution in [1.29, 1.82) is 0 Å². The third kappa shape index (κ3) is 3.81. The Morgan fingerprint density at radius 1 is 1.10 bits per heavy atom. The molecule has 7 nitrogen and oxygen atoms in total. The highest BCUT2D eigenvalue weighted by Gasteiger charge is 2.72. The molecule has 5 aliphatic rings. The molecule has 214 valence electrons. The van der Waals surface area contributed by atoms with Gasteiger partial charge >= 0.3 is 17.9 Å². The van der Waals surface area contributed by atoms with Crippen LogP contribution < -0.4 is 0 Å². The van der Waals surface area contributed by atoms with Gasteiger partial charge in [-0.2, -0.15) is 0 Å². The molecule has 0 aromatic heterocycles. The van der Waals surface area contributed by atoms with Gasteiger partial charge < -0.3 is 14.6 Å². The molecule has 0 bridgehead atoms. The van der Waals surface area contributed by atoms with Crippen molar-refractivity contribution in [3.05, 3.63) is 23.3 Å². The van der Waals surface area contributed by atoms with E-state index in [9.17, 15) is 24.3 Å². The van der Waals surface area contributed by atoms with E-state index in [1.54, 1.807) is 13.0 Å². The van der Waals surface area contributed by atoms with E-state index in [1.165, 1.54) is 12.5 Å². The zero-order chi connectivity index (χ0) is 28.7. The van der Waals surface area contributed by atoms with Gasteiger partial charge in [0.1, 0.15) is 17.6 Å².